The minimum Gasteiger partial charge on any atom is -0.305 e. The lowest BCUT2D eigenvalue weighted by Gasteiger charge is -2.37. The van der Waals surface area contributed by atoms with E-state index in [1.807, 2.05) is 6.07 Å². The predicted octanol–water partition coefficient (Wildman–Crippen LogP) is 2.69. The summed E-state index contributed by atoms with van der Waals surface area (Å²) in [7, 11) is 2.11. The lowest BCUT2D eigenvalue weighted by atomic mass is 9.90. The topological polar surface area (TPSA) is 32.7 Å². The molecule has 3 nitrogen and oxygen atoms in total. The van der Waals surface area contributed by atoms with E-state index in [1.54, 1.807) is 6.08 Å². The highest BCUT2D eigenvalue weighted by molar-refractivity contribution is 6.31. The molecular weight excluding hydrogens is 248 g/mol. The Kier molecular flexibility index (Phi) is 2.78. The number of likely N-dealkylation sites (tertiary alicyclic amines) is 1. The van der Waals surface area contributed by atoms with Gasteiger partial charge in [-0.15, -0.1) is 0 Å². The summed E-state index contributed by atoms with van der Waals surface area (Å²) < 4.78 is 0. The maximum atomic E-state index is 10.5. The summed E-state index contributed by atoms with van der Waals surface area (Å²) in [6.07, 6.45) is 3.52. The molecule has 1 aromatic carbocycles. The zero-order chi connectivity index (χ0) is 12.8. The molecule has 1 aromatic rings. The van der Waals surface area contributed by atoms with Crippen molar-refractivity contribution in [3.05, 3.63) is 34.3 Å². The molecule has 0 unspecified atom stereocenters. The van der Waals surface area contributed by atoms with Gasteiger partial charge in [-0.1, -0.05) is 23.7 Å². The smallest absolute Gasteiger partial charge is 0.235 e. The monoisotopic (exact) mass is 262 g/mol. The summed E-state index contributed by atoms with van der Waals surface area (Å²) in [5.74, 6) is 0.543. The molecule has 2 fully saturated rings. The average Bonchev–Trinajstić information content (AvgIpc) is 3.07. The van der Waals surface area contributed by atoms with Crippen molar-refractivity contribution in [2.24, 2.45) is 4.99 Å². The summed E-state index contributed by atoms with van der Waals surface area (Å²) in [6, 6.07) is 6.13. The molecule has 0 radical (unpaired) electrons. The fourth-order valence-electron chi connectivity index (χ4n) is 2.71. The molecule has 2 aliphatic rings. The summed E-state index contributed by atoms with van der Waals surface area (Å²) in [5.41, 5.74) is 1.94. The summed E-state index contributed by atoms with van der Waals surface area (Å²) in [6.45, 7) is 2.13. The Bertz CT molecular complexity index is 527. The maximum absolute atomic E-state index is 10.5. The third-order valence-electron chi connectivity index (χ3n) is 4.03. The van der Waals surface area contributed by atoms with Crippen LogP contribution in [0.4, 0.5) is 0 Å². The summed E-state index contributed by atoms with van der Waals surface area (Å²) >= 11 is 6.36. The minimum absolute atomic E-state index is 0.319. The lowest BCUT2D eigenvalue weighted by Crippen LogP contribution is -2.41. The number of benzene rings is 1. The van der Waals surface area contributed by atoms with Crippen molar-refractivity contribution < 1.29 is 4.79 Å². The van der Waals surface area contributed by atoms with E-state index in [9.17, 15) is 4.79 Å². The lowest BCUT2D eigenvalue weighted by molar-refractivity contribution is 0.190. The quantitative estimate of drug-likeness (QED) is 0.620. The van der Waals surface area contributed by atoms with Gasteiger partial charge in [0.25, 0.3) is 0 Å². The van der Waals surface area contributed by atoms with E-state index in [1.165, 1.54) is 5.56 Å². The van der Waals surface area contributed by atoms with Gasteiger partial charge in [0.1, 0.15) is 0 Å². The number of aliphatic imine (C=N–C) groups is 1. The molecule has 1 saturated carbocycles. The van der Waals surface area contributed by atoms with Gasteiger partial charge in [0, 0.05) is 24.0 Å². The standard InChI is InChI=1S/C14H15ClN2O/c1-17-7-10(8-17)12-3-2-11(6-13(12)15)14(4-5-14)16-9-18/h2-3,6,10H,4-5,7-8H2,1H3. The van der Waals surface area contributed by atoms with Gasteiger partial charge >= 0.3 is 0 Å². The molecule has 4 heteroatoms. The van der Waals surface area contributed by atoms with Crippen LogP contribution >= 0.6 is 11.6 Å². The Balaban J connectivity index is 1.88. The van der Waals surface area contributed by atoms with Crippen LogP contribution in [0.1, 0.15) is 29.9 Å². The average molecular weight is 263 g/mol. The van der Waals surface area contributed by atoms with Gasteiger partial charge in [0.2, 0.25) is 6.08 Å². The highest BCUT2D eigenvalue weighted by Gasteiger charge is 2.45. The first-order valence-electron chi connectivity index (χ1n) is 6.22. The second-order valence-corrected chi connectivity index (χ2v) is 5.80. The Hall–Kier alpha value is -1.15. The SMILES string of the molecule is CN1CC(c2ccc(C3(N=C=O)CC3)cc2Cl)C1. The zero-order valence-corrected chi connectivity index (χ0v) is 11.1. The second kappa shape index (κ2) is 4.20. The molecule has 1 aliphatic heterocycles. The van der Waals surface area contributed by atoms with Crippen LogP contribution in [0.5, 0.6) is 0 Å². The van der Waals surface area contributed by atoms with E-state index in [-0.39, 0.29) is 5.54 Å². The summed E-state index contributed by atoms with van der Waals surface area (Å²) in [4.78, 5) is 16.7. The molecule has 0 amide bonds. The van der Waals surface area contributed by atoms with Crippen LogP contribution in [0.2, 0.25) is 5.02 Å². The van der Waals surface area contributed by atoms with Gasteiger partial charge in [-0.25, -0.2) is 4.79 Å². The van der Waals surface area contributed by atoms with Gasteiger partial charge in [0.05, 0.1) is 5.54 Å². The molecule has 0 atom stereocenters. The van der Waals surface area contributed by atoms with Gasteiger partial charge in [-0.05, 0) is 37.1 Å². The zero-order valence-electron chi connectivity index (χ0n) is 10.3. The molecule has 1 saturated heterocycles. The highest BCUT2D eigenvalue weighted by atomic mass is 35.5. The molecule has 1 heterocycles. The van der Waals surface area contributed by atoms with Gasteiger partial charge in [-0.3, -0.25) is 0 Å². The van der Waals surface area contributed by atoms with Crippen LogP contribution in [0.25, 0.3) is 0 Å². The number of hydrogen-bond acceptors (Lipinski definition) is 3. The highest BCUT2D eigenvalue weighted by Crippen LogP contribution is 2.50. The van der Waals surface area contributed by atoms with E-state index in [0.717, 1.165) is 36.5 Å². The Labute approximate surface area is 111 Å². The van der Waals surface area contributed by atoms with Crippen molar-refractivity contribution in [3.63, 3.8) is 0 Å². The normalized spacial score (nSPS) is 22.1. The van der Waals surface area contributed by atoms with E-state index >= 15 is 0 Å². The molecule has 1 aliphatic carbocycles. The first-order chi connectivity index (χ1) is 8.64. The van der Waals surface area contributed by atoms with Gasteiger partial charge in [-0.2, -0.15) is 4.99 Å². The number of nitrogens with zero attached hydrogens (tertiary/aromatic N) is 2. The van der Waals surface area contributed by atoms with E-state index < -0.39 is 0 Å². The van der Waals surface area contributed by atoms with Gasteiger partial charge < -0.3 is 4.90 Å². The molecule has 0 bridgehead atoms. The minimum atomic E-state index is -0.319. The third-order valence-corrected chi connectivity index (χ3v) is 4.35. The maximum Gasteiger partial charge on any atom is 0.235 e. The second-order valence-electron chi connectivity index (χ2n) is 5.39. The van der Waals surface area contributed by atoms with Crippen LogP contribution in [0, 0.1) is 0 Å². The van der Waals surface area contributed by atoms with Crippen molar-refractivity contribution in [3.8, 4) is 0 Å². The Morgan fingerprint density at radius 1 is 1.44 bits per heavy atom. The molecule has 0 spiro atoms. The molecule has 18 heavy (non-hydrogen) atoms. The van der Waals surface area contributed by atoms with Crippen molar-refractivity contribution >= 4 is 17.7 Å². The van der Waals surface area contributed by atoms with Crippen molar-refractivity contribution in [2.75, 3.05) is 20.1 Å². The third kappa shape index (κ3) is 1.89. The number of isocyanates is 1. The number of rotatable bonds is 3. The van der Waals surface area contributed by atoms with Crippen molar-refractivity contribution in [2.45, 2.75) is 24.3 Å². The van der Waals surface area contributed by atoms with Crippen molar-refractivity contribution in [1.82, 2.24) is 4.90 Å². The van der Waals surface area contributed by atoms with Gasteiger partial charge in [0.15, 0.2) is 0 Å². The number of hydrogen-bond donors (Lipinski definition) is 0. The fourth-order valence-corrected chi connectivity index (χ4v) is 3.05. The van der Waals surface area contributed by atoms with E-state index in [4.69, 9.17) is 11.6 Å². The van der Waals surface area contributed by atoms with Crippen LogP contribution in [0.15, 0.2) is 23.2 Å². The molecule has 0 N–H and O–H groups in total. The number of halogens is 1. The Morgan fingerprint density at radius 2 is 2.17 bits per heavy atom. The summed E-state index contributed by atoms with van der Waals surface area (Å²) in [5, 5.41) is 0.804. The molecule has 0 aromatic heterocycles. The predicted molar refractivity (Wildman–Crippen MR) is 70.7 cm³/mol. The first kappa shape index (κ1) is 11.9. The largest absolute Gasteiger partial charge is 0.305 e. The first-order valence-corrected chi connectivity index (χ1v) is 6.60. The van der Waals surface area contributed by atoms with E-state index in [2.05, 4.69) is 29.1 Å². The number of likely N-dealkylation sites (N-methyl/N-ethyl adjacent to an activating group) is 1. The van der Waals surface area contributed by atoms with Crippen LogP contribution < -0.4 is 0 Å². The molecule has 3 rings (SSSR count). The van der Waals surface area contributed by atoms with Crippen LogP contribution in [-0.4, -0.2) is 31.1 Å². The van der Waals surface area contributed by atoms with Crippen LogP contribution in [0.3, 0.4) is 0 Å². The number of carbonyl (C=O) groups excluding carboxylic acids is 1. The molecule has 94 valence electrons. The Morgan fingerprint density at radius 3 is 2.67 bits per heavy atom. The van der Waals surface area contributed by atoms with Crippen LogP contribution in [-0.2, 0) is 10.3 Å². The van der Waals surface area contributed by atoms with Crippen molar-refractivity contribution in [1.29, 1.82) is 0 Å². The van der Waals surface area contributed by atoms with E-state index in [0.29, 0.717) is 5.92 Å². The molecular formula is C14H15ClN2O. The fraction of sp³-hybridized carbons (Fsp3) is 0.500.